The van der Waals surface area contributed by atoms with Crippen LogP contribution < -0.4 is 11.1 Å². The maximum Gasteiger partial charge on any atom is 0.238 e. The van der Waals surface area contributed by atoms with Crippen LogP contribution in [0, 0.1) is 5.82 Å². The molecule has 0 atom stereocenters. The summed E-state index contributed by atoms with van der Waals surface area (Å²) < 4.78 is 12.9. The summed E-state index contributed by atoms with van der Waals surface area (Å²) in [6, 6.07) is 4.47. The molecule has 1 saturated carbocycles. The average Bonchev–Trinajstić information content (AvgIpc) is 2.43. The van der Waals surface area contributed by atoms with Crippen LogP contribution in [0.25, 0.3) is 0 Å². The minimum atomic E-state index is -0.403. The fraction of sp³-hybridized carbons (Fsp3) is 0.533. The molecule has 3 N–H and O–H groups in total. The molecule has 0 bridgehead atoms. The van der Waals surface area contributed by atoms with Gasteiger partial charge in [0, 0.05) is 6.04 Å². The highest BCUT2D eigenvalue weighted by Gasteiger charge is 2.20. The largest absolute Gasteiger partial charge is 0.397 e. The molecule has 0 unspecified atom stereocenters. The second kappa shape index (κ2) is 6.70. The number of benzene rings is 1. The highest BCUT2D eigenvalue weighted by atomic mass is 19.1. The summed E-state index contributed by atoms with van der Waals surface area (Å²) >= 11 is 0. The number of nitrogen functional groups attached to an aromatic ring is 1. The summed E-state index contributed by atoms with van der Waals surface area (Å²) in [6.07, 6.45) is 6.08. The lowest BCUT2D eigenvalue weighted by atomic mass is 9.94. The van der Waals surface area contributed by atoms with Crippen molar-refractivity contribution >= 4 is 17.3 Å². The fourth-order valence-corrected chi connectivity index (χ4v) is 2.71. The minimum Gasteiger partial charge on any atom is -0.397 e. The number of nitrogens with zero attached hydrogens (tertiary/aromatic N) is 1. The zero-order valence-corrected chi connectivity index (χ0v) is 11.9. The first-order valence-corrected chi connectivity index (χ1v) is 7.11. The smallest absolute Gasteiger partial charge is 0.238 e. The highest BCUT2D eigenvalue weighted by molar-refractivity contribution is 5.95. The van der Waals surface area contributed by atoms with E-state index in [2.05, 4.69) is 10.2 Å². The van der Waals surface area contributed by atoms with Gasteiger partial charge in [0.25, 0.3) is 0 Å². The van der Waals surface area contributed by atoms with Crippen molar-refractivity contribution < 1.29 is 9.18 Å². The number of hydrogen-bond acceptors (Lipinski definition) is 3. The van der Waals surface area contributed by atoms with Crippen LogP contribution in [-0.2, 0) is 4.79 Å². The lowest BCUT2D eigenvalue weighted by molar-refractivity contribution is -0.117. The van der Waals surface area contributed by atoms with E-state index in [0.717, 1.165) is 12.8 Å². The molecule has 1 amide bonds. The first-order valence-electron chi connectivity index (χ1n) is 7.11. The Morgan fingerprint density at radius 3 is 2.75 bits per heavy atom. The number of amides is 1. The van der Waals surface area contributed by atoms with Crippen molar-refractivity contribution in [2.24, 2.45) is 0 Å². The number of halogens is 1. The van der Waals surface area contributed by atoms with Crippen molar-refractivity contribution in [3.8, 4) is 0 Å². The van der Waals surface area contributed by atoms with E-state index in [4.69, 9.17) is 5.73 Å². The molecule has 0 aliphatic heterocycles. The molecule has 0 saturated heterocycles. The number of nitrogens with one attached hydrogen (secondary N) is 1. The molecule has 1 aromatic rings. The molecule has 110 valence electrons. The molecule has 20 heavy (non-hydrogen) atoms. The lowest BCUT2D eigenvalue weighted by Gasteiger charge is -2.30. The third kappa shape index (κ3) is 3.93. The Balaban J connectivity index is 1.88. The number of nitrogens with two attached hydrogens (primary N) is 1. The maximum atomic E-state index is 12.9. The molecule has 0 heterocycles. The molecule has 0 spiro atoms. The quantitative estimate of drug-likeness (QED) is 0.833. The van der Waals surface area contributed by atoms with E-state index in [0.29, 0.717) is 18.3 Å². The second-order valence-electron chi connectivity index (χ2n) is 5.49. The Bertz CT molecular complexity index is 472. The molecule has 2 rings (SSSR count). The van der Waals surface area contributed by atoms with Crippen LogP contribution in [0.5, 0.6) is 0 Å². The molecule has 4 nitrogen and oxygen atoms in total. The lowest BCUT2D eigenvalue weighted by Crippen LogP contribution is -2.39. The van der Waals surface area contributed by atoms with Gasteiger partial charge in [-0.1, -0.05) is 19.3 Å². The zero-order valence-electron chi connectivity index (χ0n) is 11.9. The Morgan fingerprint density at radius 2 is 2.10 bits per heavy atom. The van der Waals surface area contributed by atoms with Crippen molar-refractivity contribution in [2.45, 2.75) is 38.1 Å². The normalized spacial score (nSPS) is 16.4. The van der Waals surface area contributed by atoms with Crippen molar-refractivity contribution in [2.75, 3.05) is 24.6 Å². The van der Waals surface area contributed by atoms with Crippen LogP contribution in [0.3, 0.4) is 0 Å². The molecule has 0 radical (unpaired) electrons. The van der Waals surface area contributed by atoms with Crippen molar-refractivity contribution in [1.29, 1.82) is 0 Å². The monoisotopic (exact) mass is 279 g/mol. The summed E-state index contributed by atoms with van der Waals surface area (Å²) in [7, 11) is 1.98. The van der Waals surface area contributed by atoms with Gasteiger partial charge in [0.1, 0.15) is 5.82 Å². The van der Waals surface area contributed by atoms with Gasteiger partial charge in [0.15, 0.2) is 0 Å². The SMILES string of the molecule is CN(CC(=O)Nc1ccc(F)cc1N)C1CCCCC1. The number of carbonyl (C=O) groups is 1. The third-order valence-electron chi connectivity index (χ3n) is 3.88. The van der Waals surface area contributed by atoms with E-state index in [1.54, 1.807) is 0 Å². The standard InChI is InChI=1S/C15H22FN3O/c1-19(12-5-3-2-4-6-12)10-15(20)18-14-8-7-11(16)9-13(14)17/h7-9,12H,2-6,10,17H2,1H3,(H,18,20). The predicted molar refractivity (Wildman–Crippen MR) is 78.9 cm³/mol. The van der Waals surface area contributed by atoms with Gasteiger partial charge in [-0.25, -0.2) is 4.39 Å². The van der Waals surface area contributed by atoms with Crippen LogP contribution in [0.2, 0.25) is 0 Å². The van der Waals surface area contributed by atoms with Crippen LogP contribution in [0.1, 0.15) is 32.1 Å². The van der Waals surface area contributed by atoms with Crippen molar-refractivity contribution in [3.63, 3.8) is 0 Å². The van der Waals surface area contributed by atoms with Crippen LogP contribution in [0.15, 0.2) is 18.2 Å². The van der Waals surface area contributed by atoms with Gasteiger partial charge >= 0.3 is 0 Å². The van der Waals surface area contributed by atoms with Gasteiger partial charge in [0.05, 0.1) is 17.9 Å². The summed E-state index contributed by atoms with van der Waals surface area (Å²) in [6.45, 7) is 0.335. The molecule has 0 aromatic heterocycles. The first-order chi connectivity index (χ1) is 9.56. The number of hydrogen-bond donors (Lipinski definition) is 2. The van der Waals surface area contributed by atoms with E-state index in [-0.39, 0.29) is 11.6 Å². The number of carbonyl (C=O) groups excluding carboxylic acids is 1. The molecule has 5 heteroatoms. The Kier molecular flexibility index (Phi) is 4.95. The molecule has 1 aliphatic rings. The van der Waals surface area contributed by atoms with Gasteiger partial charge in [-0.05, 0) is 38.1 Å². The summed E-state index contributed by atoms with van der Waals surface area (Å²) in [4.78, 5) is 14.1. The number of rotatable bonds is 4. The van der Waals surface area contributed by atoms with E-state index < -0.39 is 5.82 Å². The van der Waals surface area contributed by atoms with Gasteiger partial charge in [-0.2, -0.15) is 0 Å². The summed E-state index contributed by atoms with van der Waals surface area (Å²) in [5.74, 6) is -0.517. The molecular formula is C15H22FN3O. The van der Waals surface area contributed by atoms with Gasteiger partial charge in [-0.3, -0.25) is 9.69 Å². The highest BCUT2D eigenvalue weighted by Crippen LogP contribution is 2.22. The van der Waals surface area contributed by atoms with Crippen LogP contribution in [-0.4, -0.2) is 30.4 Å². The van der Waals surface area contributed by atoms with E-state index >= 15 is 0 Å². The number of likely N-dealkylation sites (N-methyl/N-ethyl adjacent to an activating group) is 1. The van der Waals surface area contributed by atoms with Gasteiger partial charge in [0.2, 0.25) is 5.91 Å². The van der Waals surface area contributed by atoms with E-state index in [9.17, 15) is 9.18 Å². The number of anilines is 2. The van der Waals surface area contributed by atoms with Gasteiger partial charge < -0.3 is 11.1 Å². The maximum absolute atomic E-state index is 12.9. The Labute approximate surface area is 119 Å². The summed E-state index contributed by atoms with van der Waals surface area (Å²) in [5.41, 5.74) is 6.39. The fourth-order valence-electron chi connectivity index (χ4n) is 2.71. The Hall–Kier alpha value is -1.62. The van der Waals surface area contributed by atoms with Crippen molar-refractivity contribution in [1.82, 2.24) is 4.90 Å². The topological polar surface area (TPSA) is 58.4 Å². The average molecular weight is 279 g/mol. The molecule has 1 fully saturated rings. The zero-order chi connectivity index (χ0) is 14.5. The first kappa shape index (κ1) is 14.8. The molecule has 1 aliphatic carbocycles. The molecule has 1 aromatic carbocycles. The minimum absolute atomic E-state index is 0.114. The molecular weight excluding hydrogens is 257 g/mol. The van der Waals surface area contributed by atoms with Crippen molar-refractivity contribution in [3.05, 3.63) is 24.0 Å². The van der Waals surface area contributed by atoms with Crippen LogP contribution >= 0.6 is 0 Å². The Morgan fingerprint density at radius 1 is 1.40 bits per heavy atom. The van der Waals surface area contributed by atoms with E-state index in [1.807, 2.05) is 7.05 Å². The van der Waals surface area contributed by atoms with Gasteiger partial charge in [-0.15, -0.1) is 0 Å². The third-order valence-corrected chi connectivity index (χ3v) is 3.88. The second-order valence-corrected chi connectivity index (χ2v) is 5.49. The summed E-state index contributed by atoms with van der Waals surface area (Å²) in [5, 5.41) is 2.74. The van der Waals surface area contributed by atoms with E-state index in [1.165, 1.54) is 37.5 Å². The van der Waals surface area contributed by atoms with Crippen LogP contribution in [0.4, 0.5) is 15.8 Å². The predicted octanol–water partition coefficient (Wildman–Crippen LogP) is 2.61.